The molecule has 1 aliphatic rings. The van der Waals surface area contributed by atoms with Gasteiger partial charge < -0.3 is 5.11 Å². The van der Waals surface area contributed by atoms with Gasteiger partial charge in [0.05, 0.1) is 0 Å². The van der Waals surface area contributed by atoms with Crippen molar-refractivity contribution in [1.82, 2.24) is 5.01 Å². The van der Waals surface area contributed by atoms with Gasteiger partial charge in [-0.3, -0.25) is 4.79 Å². The van der Waals surface area contributed by atoms with Crippen molar-refractivity contribution in [3.8, 4) is 0 Å². The Morgan fingerprint density at radius 1 is 1.12 bits per heavy atom. The van der Waals surface area contributed by atoms with Crippen LogP contribution in [0.25, 0.3) is 0 Å². The predicted octanol–water partition coefficient (Wildman–Crippen LogP) is 4.45. The highest BCUT2D eigenvalue weighted by atomic mass is 35.5. The van der Waals surface area contributed by atoms with Gasteiger partial charge in [0.1, 0.15) is 0 Å². The highest BCUT2D eigenvalue weighted by molar-refractivity contribution is 6.30. The number of amides is 1. The zero-order chi connectivity index (χ0) is 17.3. The first kappa shape index (κ1) is 17.0. The third kappa shape index (κ3) is 3.05. The second-order valence-electron chi connectivity index (χ2n) is 5.64. The lowest BCUT2D eigenvalue weighted by molar-refractivity contribution is -0.0765. The number of halogens is 2. The van der Waals surface area contributed by atoms with E-state index in [-0.39, 0.29) is 12.3 Å². The normalized spacial score (nSPS) is 20.2. The molecule has 3 rings (SSSR count). The van der Waals surface area contributed by atoms with Gasteiger partial charge in [-0.2, -0.15) is 10.1 Å². The quantitative estimate of drug-likeness (QED) is 0.876. The number of carbonyl (C=O) groups is 1. The van der Waals surface area contributed by atoms with Gasteiger partial charge in [0, 0.05) is 33.3 Å². The van der Waals surface area contributed by atoms with Crippen LogP contribution >= 0.6 is 23.2 Å². The minimum Gasteiger partial charge on any atom is -0.365 e. The van der Waals surface area contributed by atoms with Gasteiger partial charge in [0.15, 0.2) is 5.72 Å². The van der Waals surface area contributed by atoms with Gasteiger partial charge in [0.2, 0.25) is 0 Å². The van der Waals surface area contributed by atoms with Crippen molar-refractivity contribution in [2.24, 2.45) is 5.10 Å². The Balaban J connectivity index is 2.01. The smallest absolute Gasteiger partial charge is 0.276 e. The maximum atomic E-state index is 12.9. The summed E-state index contributed by atoms with van der Waals surface area (Å²) in [5.74, 6) is -0.382. The molecule has 0 radical (unpaired) electrons. The molecule has 1 N–H and O–H groups in total. The van der Waals surface area contributed by atoms with E-state index in [0.717, 1.165) is 10.7 Å². The average Bonchev–Trinajstić information content (AvgIpc) is 2.93. The highest BCUT2D eigenvalue weighted by Gasteiger charge is 2.45. The summed E-state index contributed by atoms with van der Waals surface area (Å²) in [5, 5.41) is 17.8. The minimum absolute atomic E-state index is 0.268. The molecule has 0 saturated carbocycles. The molecule has 1 atom stereocenters. The Morgan fingerprint density at radius 3 is 2.21 bits per heavy atom. The van der Waals surface area contributed by atoms with Crippen LogP contribution in [0.15, 0.2) is 53.6 Å². The van der Waals surface area contributed by atoms with Crippen LogP contribution in [0.3, 0.4) is 0 Å². The Hall–Kier alpha value is -1.88. The summed E-state index contributed by atoms with van der Waals surface area (Å²) in [7, 11) is 0. The summed E-state index contributed by atoms with van der Waals surface area (Å²) in [4.78, 5) is 12.9. The average molecular weight is 363 g/mol. The van der Waals surface area contributed by atoms with Crippen LogP contribution in [0.4, 0.5) is 0 Å². The second kappa shape index (κ2) is 6.55. The zero-order valence-corrected chi connectivity index (χ0v) is 14.6. The van der Waals surface area contributed by atoms with E-state index >= 15 is 0 Å². The Bertz CT molecular complexity index is 788. The van der Waals surface area contributed by atoms with E-state index in [9.17, 15) is 9.90 Å². The number of aliphatic hydroxyl groups is 1. The van der Waals surface area contributed by atoms with Crippen LogP contribution < -0.4 is 0 Å². The maximum Gasteiger partial charge on any atom is 0.276 e. The van der Waals surface area contributed by atoms with Gasteiger partial charge in [-0.1, -0.05) is 42.3 Å². The van der Waals surface area contributed by atoms with Crippen molar-refractivity contribution in [3.05, 3.63) is 69.7 Å². The molecular formula is C18H16Cl2N2O2. The fourth-order valence-corrected chi connectivity index (χ4v) is 2.94. The van der Waals surface area contributed by atoms with Gasteiger partial charge in [-0.25, -0.2) is 0 Å². The van der Waals surface area contributed by atoms with E-state index in [4.69, 9.17) is 23.2 Å². The molecule has 4 nitrogen and oxygen atoms in total. The highest BCUT2D eigenvalue weighted by Crippen LogP contribution is 2.37. The molecule has 0 spiro atoms. The number of carbonyl (C=O) groups excluding carboxylic acids is 1. The molecule has 2 aromatic carbocycles. The number of hydrogen-bond acceptors (Lipinski definition) is 3. The van der Waals surface area contributed by atoms with Crippen LogP contribution in [-0.4, -0.2) is 21.7 Å². The molecule has 0 unspecified atom stereocenters. The molecule has 1 amide bonds. The summed E-state index contributed by atoms with van der Waals surface area (Å²) in [6.45, 7) is 1.94. The second-order valence-corrected chi connectivity index (χ2v) is 6.52. The zero-order valence-electron chi connectivity index (χ0n) is 13.0. The van der Waals surface area contributed by atoms with Gasteiger partial charge in [-0.05, 0) is 42.8 Å². The van der Waals surface area contributed by atoms with Crippen molar-refractivity contribution in [3.63, 3.8) is 0 Å². The van der Waals surface area contributed by atoms with E-state index in [1.54, 1.807) is 48.5 Å². The summed E-state index contributed by atoms with van der Waals surface area (Å²) < 4.78 is 0. The number of benzene rings is 2. The first-order chi connectivity index (χ1) is 11.4. The van der Waals surface area contributed by atoms with E-state index < -0.39 is 5.72 Å². The van der Waals surface area contributed by atoms with E-state index in [1.807, 2.05) is 6.92 Å². The molecule has 0 aromatic heterocycles. The fourth-order valence-electron chi connectivity index (χ4n) is 2.68. The molecular weight excluding hydrogens is 347 g/mol. The first-order valence-electron chi connectivity index (χ1n) is 7.59. The van der Waals surface area contributed by atoms with Crippen molar-refractivity contribution in [2.75, 3.05) is 0 Å². The predicted molar refractivity (Wildman–Crippen MR) is 95.3 cm³/mol. The third-order valence-corrected chi connectivity index (χ3v) is 4.54. The number of rotatable bonds is 3. The van der Waals surface area contributed by atoms with Crippen molar-refractivity contribution in [1.29, 1.82) is 0 Å². The van der Waals surface area contributed by atoms with Crippen molar-refractivity contribution < 1.29 is 9.90 Å². The molecule has 24 heavy (non-hydrogen) atoms. The van der Waals surface area contributed by atoms with Crippen LogP contribution in [0.2, 0.25) is 10.0 Å². The van der Waals surface area contributed by atoms with E-state index in [2.05, 4.69) is 5.10 Å². The van der Waals surface area contributed by atoms with Crippen molar-refractivity contribution in [2.45, 2.75) is 25.5 Å². The molecule has 1 aliphatic heterocycles. The molecule has 0 aliphatic carbocycles. The maximum absolute atomic E-state index is 12.9. The number of nitrogens with zero attached hydrogens (tertiary/aromatic N) is 2. The summed E-state index contributed by atoms with van der Waals surface area (Å²) >= 11 is 11.8. The van der Waals surface area contributed by atoms with E-state index in [0.29, 0.717) is 27.6 Å². The number of hydrazone groups is 1. The first-order valence-corrected chi connectivity index (χ1v) is 8.34. The van der Waals surface area contributed by atoms with Crippen LogP contribution in [-0.2, 0) is 5.72 Å². The standard InChI is InChI=1S/C18H16Cl2N2O2/c1-2-16-11-18(24,13-5-9-15(20)10-6-13)22(21-16)17(23)12-3-7-14(19)8-4-12/h3-10,24H,2,11H2,1H3/t18-/m1/s1. The number of hydrogen-bond donors (Lipinski definition) is 1. The topological polar surface area (TPSA) is 52.9 Å². The largest absolute Gasteiger partial charge is 0.365 e. The summed E-state index contributed by atoms with van der Waals surface area (Å²) in [6, 6.07) is 13.3. The third-order valence-electron chi connectivity index (χ3n) is 4.04. The summed E-state index contributed by atoms with van der Waals surface area (Å²) in [5.41, 5.74) is 0.219. The monoisotopic (exact) mass is 362 g/mol. The fraction of sp³-hybridized carbons (Fsp3) is 0.222. The lowest BCUT2D eigenvalue weighted by Crippen LogP contribution is -2.43. The SMILES string of the molecule is CCC1=NN(C(=O)c2ccc(Cl)cc2)[C@](O)(c2ccc(Cl)cc2)C1. The molecule has 0 saturated heterocycles. The lowest BCUT2D eigenvalue weighted by Gasteiger charge is -2.31. The minimum atomic E-state index is -1.52. The van der Waals surface area contributed by atoms with E-state index in [1.165, 1.54) is 0 Å². The van der Waals surface area contributed by atoms with Crippen LogP contribution in [0.5, 0.6) is 0 Å². The molecule has 0 fully saturated rings. The summed E-state index contributed by atoms with van der Waals surface area (Å²) in [6.07, 6.45) is 0.921. The van der Waals surface area contributed by atoms with Crippen molar-refractivity contribution >= 4 is 34.8 Å². The molecule has 0 bridgehead atoms. The molecule has 124 valence electrons. The van der Waals surface area contributed by atoms with Gasteiger partial charge >= 0.3 is 0 Å². The molecule has 2 aromatic rings. The Morgan fingerprint density at radius 2 is 1.67 bits per heavy atom. The van der Waals surface area contributed by atoms with Crippen LogP contribution in [0.1, 0.15) is 35.7 Å². The van der Waals surface area contributed by atoms with Gasteiger partial charge in [-0.15, -0.1) is 0 Å². The van der Waals surface area contributed by atoms with Crippen LogP contribution in [0, 0.1) is 0 Å². The van der Waals surface area contributed by atoms with Gasteiger partial charge in [0.25, 0.3) is 5.91 Å². The Labute approximate surface area is 150 Å². The molecule has 6 heteroatoms. The molecule has 1 heterocycles. The lowest BCUT2D eigenvalue weighted by atomic mass is 9.96. The Kier molecular flexibility index (Phi) is 4.63.